The summed E-state index contributed by atoms with van der Waals surface area (Å²) in [6.07, 6.45) is 0. The minimum absolute atomic E-state index is 0.172. The molecule has 6 nitrogen and oxygen atoms in total. The summed E-state index contributed by atoms with van der Waals surface area (Å²) in [4.78, 5) is 29.0. The van der Waals surface area contributed by atoms with Crippen LogP contribution in [0, 0.1) is 0 Å². The van der Waals surface area contributed by atoms with E-state index in [1.54, 1.807) is 18.2 Å². The SMILES string of the molecule is C[C@@H](C(=O)O)N(c1ccccc1)P(=O)(O)O. The van der Waals surface area contributed by atoms with Crippen LogP contribution in [0.4, 0.5) is 5.69 Å². The lowest BCUT2D eigenvalue weighted by atomic mass is 10.2. The summed E-state index contributed by atoms with van der Waals surface area (Å²) in [6.45, 7) is 1.22. The number of carbonyl (C=O) groups is 1. The van der Waals surface area contributed by atoms with Crippen molar-refractivity contribution >= 4 is 19.4 Å². The molecule has 1 atom stereocenters. The molecular weight excluding hydrogens is 233 g/mol. The van der Waals surface area contributed by atoms with Crippen molar-refractivity contribution < 1.29 is 24.3 Å². The molecule has 0 aliphatic rings. The number of hydrogen-bond acceptors (Lipinski definition) is 2. The summed E-state index contributed by atoms with van der Waals surface area (Å²) < 4.78 is 11.8. The number of hydrogen-bond donors (Lipinski definition) is 3. The normalized spacial score (nSPS) is 13.2. The van der Waals surface area contributed by atoms with Crippen LogP contribution in [0.5, 0.6) is 0 Å². The zero-order valence-corrected chi connectivity index (χ0v) is 9.41. The second-order valence-corrected chi connectivity index (χ2v) is 4.67. The van der Waals surface area contributed by atoms with Gasteiger partial charge in [-0.2, -0.15) is 0 Å². The van der Waals surface area contributed by atoms with Gasteiger partial charge in [0.25, 0.3) is 0 Å². The predicted octanol–water partition coefficient (Wildman–Crippen LogP) is 1.06. The van der Waals surface area contributed by atoms with E-state index in [2.05, 4.69) is 0 Å². The van der Waals surface area contributed by atoms with E-state index < -0.39 is 19.8 Å². The Balaban J connectivity index is 3.17. The van der Waals surface area contributed by atoms with Crippen LogP contribution in [-0.4, -0.2) is 26.9 Å². The Kier molecular flexibility index (Phi) is 3.70. The van der Waals surface area contributed by atoms with E-state index in [1.807, 2.05) is 0 Å². The maximum atomic E-state index is 11.2. The highest BCUT2D eigenvalue weighted by Crippen LogP contribution is 2.45. The van der Waals surface area contributed by atoms with E-state index in [0.29, 0.717) is 4.67 Å². The summed E-state index contributed by atoms with van der Waals surface area (Å²) in [6, 6.07) is 6.41. The van der Waals surface area contributed by atoms with E-state index in [1.165, 1.54) is 19.1 Å². The van der Waals surface area contributed by atoms with Gasteiger partial charge in [0.05, 0.1) is 0 Å². The van der Waals surface area contributed by atoms with Gasteiger partial charge in [0, 0.05) is 5.69 Å². The van der Waals surface area contributed by atoms with Gasteiger partial charge in [-0.1, -0.05) is 18.2 Å². The van der Waals surface area contributed by atoms with Crippen LogP contribution >= 0.6 is 7.75 Å². The molecule has 0 aliphatic carbocycles. The molecule has 0 saturated carbocycles. The lowest BCUT2D eigenvalue weighted by Crippen LogP contribution is -2.36. The minimum Gasteiger partial charge on any atom is -0.480 e. The number of para-hydroxylation sites is 1. The Labute approximate surface area is 92.3 Å². The molecule has 7 heteroatoms. The van der Waals surface area contributed by atoms with Crippen LogP contribution in [-0.2, 0) is 9.36 Å². The molecule has 1 aromatic carbocycles. The highest BCUT2D eigenvalue weighted by atomic mass is 31.2. The smallest absolute Gasteiger partial charge is 0.430 e. The van der Waals surface area contributed by atoms with Crippen LogP contribution < -0.4 is 4.67 Å². The van der Waals surface area contributed by atoms with E-state index in [-0.39, 0.29) is 5.69 Å². The van der Waals surface area contributed by atoms with Crippen molar-refractivity contribution in [3.05, 3.63) is 30.3 Å². The molecule has 1 rings (SSSR count). The van der Waals surface area contributed by atoms with Crippen molar-refractivity contribution in [3.8, 4) is 0 Å². The first kappa shape index (κ1) is 12.7. The van der Waals surface area contributed by atoms with Crippen LogP contribution in [0.15, 0.2) is 30.3 Å². The zero-order chi connectivity index (χ0) is 12.3. The van der Waals surface area contributed by atoms with E-state index in [0.717, 1.165) is 0 Å². The summed E-state index contributed by atoms with van der Waals surface area (Å²) in [5.74, 6) is -1.30. The molecule has 0 amide bonds. The fourth-order valence-corrected chi connectivity index (χ4v) is 2.27. The molecule has 16 heavy (non-hydrogen) atoms. The maximum absolute atomic E-state index is 11.2. The Morgan fingerprint density at radius 3 is 2.19 bits per heavy atom. The van der Waals surface area contributed by atoms with Gasteiger partial charge in [-0.05, 0) is 19.1 Å². The molecule has 0 aromatic heterocycles. The van der Waals surface area contributed by atoms with Gasteiger partial charge in [0.15, 0.2) is 0 Å². The average Bonchev–Trinajstić information content (AvgIpc) is 2.17. The van der Waals surface area contributed by atoms with Crippen molar-refractivity contribution in [1.82, 2.24) is 0 Å². The fraction of sp³-hybridized carbons (Fsp3) is 0.222. The van der Waals surface area contributed by atoms with E-state index in [9.17, 15) is 9.36 Å². The van der Waals surface area contributed by atoms with Gasteiger partial charge in [-0.15, -0.1) is 0 Å². The third-order valence-corrected chi connectivity index (χ3v) is 3.16. The Bertz CT molecular complexity index is 415. The van der Waals surface area contributed by atoms with Crippen LogP contribution in [0.2, 0.25) is 0 Å². The first-order valence-electron chi connectivity index (χ1n) is 4.47. The number of anilines is 1. The Hall–Kier alpha value is -1.36. The minimum atomic E-state index is -4.66. The van der Waals surface area contributed by atoms with Crippen molar-refractivity contribution in [2.24, 2.45) is 0 Å². The van der Waals surface area contributed by atoms with E-state index >= 15 is 0 Å². The number of carboxylic acid groups (broad SMARTS) is 1. The topological polar surface area (TPSA) is 98.1 Å². The largest absolute Gasteiger partial charge is 0.480 e. The van der Waals surface area contributed by atoms with Crippen molar-refractivity contribution in [2.45, 2.75) is 13.0 Å². The number of nitrogens with zero attached hydrogens (tertiary/aromatic N) is 1. The predicted molar refractivity (Wildman–Crippen MR) is 58.1 cm³/mol. The first-order valence-corrected chi connectivity index (χ1v) is 6.03. The number of rotatable bonds is 4. The maximum Gasteiger partial charge on any atom is 0.430 e. The van der Waals surface area contributed by atoms with Gasteiger partial charge in [-0.25, -0.2) is 9.36 Å². The monoisotopic (exact) mass is 245 g/mol. The molecule has 0 radical (unpaired) electrons. The van der Waals surface area contributed by atoms with Crippen molar-refractivity contribution in [1.29, 1.82) is 0 Å². The molecule has 88 valence electrons. The summed E-state index contributed by atoms with van der Waals surface area (Å²) >= 11 is 0. The second kappa shape index (κ2) is 4.65. The molecule has 0 aliphatic heterocycles. The molecule has 3 N–H and O–H groups in total. The highest BCUT2D eigenvalue weighted by Gasteiger charge is 2.34. The molecule has 0 unspecified atom stereocenters. The van der Waals surface area contributed by atoms with Gasteiger partial charge < -0.3 is 14.9 Å². The van der Waals surface area contributed by atoms with Crippen LogP contribution in [0.1, 0.15) is 6.92 Å². The van der Waals surface area contributed by atoms with Crippen molar-refractivity contribution in [3.63, 3.8) is 0 Å². The highest BCUT2D eigenvalue weighted by molar-refractivity contribution is 7.53. The second-order valence-electron chi connectivity index (χ2n) is 3.21. The number of aliphatic carboxylic acids is 1. The number of benzene rings is 1. The van der Waals surface area contributed by atoms with E-state index in [4.69, 9.17) is 14.9 Å². The molecule has 0 heterocycles. The van der Waals surface area contributed by atoms with Crippen LogP contribution in [0.25, 0.3) is 0 Å². The summed E-state index contributed by atoms with van der Waals surface area (Å²) in [5.41, 5.74) is 0.172. The van der Waals surface area contributed by atoms with Gasteiger partial charge >= 0.3 is 13.7 Å². The third-order valence-electron chi connectivity index (χ3n) is 2.03. The molecule has 0 bridgehead atoms. The Morgan fingerprint density at radius 1 is 1.31 bits per heavy atom. The molecule has 0 spiro atoms. The molecule has 0 fully saturated rings. The zero-order valence-electron chi connectivity index (χ0n) is 8.52. The third kappa shape index (κ3) is 2.82. The molecular formula is C9H12NO5P. The lowest BCUT2D eigenvalue weighted by Gasteiger charge is -2.28. The van der Waals surface area contributed by atoms with Gasteiger partial charge in [0.2, 0.25) is 0 Å². The summed E-state index contributed by atoms with van der Waals surface area (Å²) in [5, 5.41) is 8.79. The van der Waals surface area contributed by atoms with Crippen molar-refractivity contribution in [2.75, 3.05) is 4.67 Å². The summed E-state index contributed by atoms with van der Waals surface area (Å²) in [7, 11) is -4.66. The van der Waals surface area contributed by atoms with Crippen LogP contribution in [0.3, 0.4) is 0 Å². The quantitative estimate of drug-likeness (QED) is 0.686. The first-order chi connectivity index (χ1) is 7.34. The lowest BCUT2D eigenvalue weighted by molar-refractivity contribution is -0.137. The number of carboxylic acids is 1. The molecule has 1 aromatic rings. The Morgan fingerprint density at radius 2 is 1.81 bits per heavy atom. The van der Waals surface area contributed by atoms with Gasteiger partial charge in [-0.3, -0.25) is 4.67 Å². The average molecular weight is 245 g/mol. The fourth-order valence-electron chi connectivity index (χ4n) is 1.28. The standard InChI is InChI=1S/C9H12NO5P/c1-7(9(11)12)10(16(13,14)15)8-5-3-2-4-6-8/h2-7H,1H3,(H,11,12)(H2,13,14,15)/t7-/m0/s1. The van der Waals surface area contributed by atoms with Gasteiger partial charge in [0.1, 0.15) is 6.04 Å². The molecule has 0 saturated heterocycles.